The van der Waals surface area contributed by atoms with Crippen LogP contribution in [0.4, 0.5) is 0 Å². The molecule has 0 bridgehead atoms. The van der Waals surface area contributed by atoms with Gasteiger partial charge in [-0.2, -0.15) is 0 Å². The van der Waals surface area contributed by atoms with Crippen LogP contribution in [-0.4, -0.2) is 34.6 Å². The molecule has 146 valence electrons. The molecule has 1 saturated heterocycles. The number of likely N-dealkylation sites (tertiary alicyclic amines) is 1. The van der Waals surface area contributed by atoms with Gasteiger partial charge in [0.05, 0.1) is 11.0 Å². The summed E-state index contributed by atoms with van der Waals surface area (Å²) in [4.78, 5) is 7.39. The van der Waals surface area contributed by atoms with Gasteiger partial charge < -0.3 is 9.47 Å². The lowest BCUT2D eigenvalue weighted by Gasteiger charge is -2.27. The normalized spacial score (nSPS) is 18.4. The summed E-state index contributed by atoms with van der Waals surface area (Å²) in [6, 6.07) is 12.6. The number of benzene rings is 2. The monoisotopic (exact) mass is 393 g/mol. The Morgan fingerprint density at radius 1 is 1.14 bits per heavy atom. The maximum absolute atomic E-state index is 6.07. The number of hydrogen-bond acceptors (Lipinski definition) is 2. The van der Waals surface area contributed by atoms with E-state index >= 15 is 0 Å². The molecule has 1 fully saturated rings. The standard InChI is InChI=1S/C24H28ClN3/c1-17-13-22-23(14-18(17)2)28(16-20-6-9-21(25)10-7-20)24(26-22)11-8-19-5-4-12-27(3)15-19/h6-11,13-14,19H,4-5,12,15-16H2,1-3H3. The second kappa shape index (κ2) is 8.10. The van der Waals surface area contributed by atoms with E-state index in [1.807, 2.05) is 12.1 Å². The average molecular weight is 394 g/mol. The van der Waals surface area contributed by atoms with E-state index in [9.17, 15) is 0 Å². The van der Waals surface area contributed by atoms with Gasteiger partial charge >= 0.3 is 0 Å². The fourth-order valence-electron chi connectivity index (χ4n) is 4.05. The molecule has 0 saturated carbocycles. The first kappa shape index (κ1) is 19.2. The van der Waals surface area contributed by atoms with Crippen molar-refractivity contribution >= 4 is 28.7 Å². The molecule has 0 radical (unpaired) electrons. The van der Waals surface area contributed by atoms with E-state index in [0.29, 0.717) is 5.92 Å². The minimum Gasteiger partial charge on any atom is -0.320 e. The minimum absolute atomic E-state index is 0.603. The third kappa shape index (κ3) is 4.16. The predicted octanol–water partition coefficient (Wildman–Crippen LogP) is 5.71. The molecule has 2 aromatic carbocycles. The van der Waals surface area contributed by atoms with E-state index in [4.69, 9.17) is 16.6 Å². The summed E-state index contributed by atoms with van der Waals surface area (Å²) in [6.07, 6.45) is 7.11. The van der Waals surface area contributed by atoms with E-state index in [1.54, 1.807) is 0 Å². The topological polar surface area (TPSA) is 21.1 Å². The van der Waals surface area contributed by atoms with E-state index in [1.165, 1.54) is 41.6 Å². The third-order valence-corrected chi connectivity index (χ3v) is 6.08. The van der Waals surface area contributed by atoms with Crippen molar-refractivity contribution in [3.63, 3.8) is 0 Å². The first-order valence-electron chi connectivity index (χ1n) is 10.1. The van der Waals surface area contributed by atoms with Crippen LogP contribution in [0.25, 0.3) is 17.1 Å². The first-order valence-corrected chi connectivity index (χ1v) is 10.5. The molecule has 1 aliphatic rings. The Bertz CT molecular complexity index is 1000. The van der Waals surface area contributed by atoms with Gasteiger partial charge in [0.1, 0.15) is 5.82 Å². The fourth-order valence-corrected chi connectivity index (χ4v) is 4.18. The molecule has 4 heteroatoms. The number of fused-ring (bicyclic) bond motifs is 1. The summed E-state index contributed by atoms with van der Waals surface area (Å²) < 4.78 is 2.33. The van der Waals surface area contributed by atoms with Crippen LogP contribution in [0.1, 0.15) is 35.4 Å². The zero-order valence-electron chi connectivity index (χ0n) is 17.0. The van der Waals surface area contributed by atoms with E-state index < -0.39 is 0 Å². The zero-order valence-corrected chi connectivity index (χ0v) is 17.7. The average Bonchev–Trinajstić information content (AvgIpc) is 2.99. The highest BCUT2D eigenvalue weighted by Gasteiger charge is 2.16. The number of halogens is 1. The second-order valence-electron chi connectivity index (χ2n) is 8.13. The lowest BCUT2D eigenvalue weighted by molar-refractivity contribution is 0.238. The van der Waals surface area contributed by atoms with Crippen molar-refractivity contribution in [1.82, 2.24) is 14.5 Å². The maximum atomic E-state index is 6.07. The first-order chi connectivity index (χ1) is 13.5. The lowest BCUT2D eigenvalue weighted by Crippen LogP contribution is -2.31. The van der Waals surface area contributed by atoms with E-state index in [0.717, 1.165) is 29.5 Å². The number of nitrogens with zero attached hydrogens (tertiary/aromatic N) is 3. The quantitative estimate of drug-likeness (QED) is 0.566. The summed E-state index contributed by atoms with van der Waals surface area (Å²) in [5, 5.41) is 0.771. The highest BCUT2D eigenvalue weighted by atomic mass is 35.5. The van der Waals surface area contributed by atoms with Crippen LogP contribution < -0.4 is 0 Å². The van der Waals surface area contributed by atoms with Crippen molar-refractivity contribution in [2.75, 3.05) is 20.1 Å². The molecule has 1 aliphatic heterocycles. The van der Waals surface area contributed by atoms with E-state index in [-0.39, 0.29) is 0 Å². The molecule has 3 aromatic rings. The van der Waals surface area contributed by atoms with Crippen molar-refractivity contribution < 1.29 is 0 Å². The molecule has 28 heavy (non-hydrogen) atoms. The van der Waals surface area contributed by atoms with Crippen molar-refractivity contribution in [2.45, 2.75) is 33.2 Å². The SMILES string of the molecule is Cc1cc2nc(C=CC3CCCN(C)C3)n(Cc3ccc(Cl)cc3)c2cc1C. The van der Waals surface area contributed by atoms with Gasteiger partial charge in [0.15, 0.2) is 0 Å². The van der Waals surface area contributed by atoms with Crippen molar-refractivity contribution in [1.29, 1.82) is 0 Å². The van der Waals surface area contributed by atoms with Crippen LogP contribution in [0.5, 0.6) is 0 Å². The van der Waals surface area contributed by atoms with Gasteiger partial charge in [0.2, 0.25) is 0 Å². The Hall–Kier alpha value is -2.10. The van der Waals surface area contributed by atoms with Gasteiger partial charge in [-0.3, -0.25) is 0 Å². The number of aromatic nitrogens is 2. The van der Waals surface area contributed by atoms with Crippen LogP contribution >= 0.6 is 11.6 Å². The van der Waals surface area contributed by atoms with Crippen molar-refractivity contribution in [2.24, 2.45) is 5.92 Å². The second-order valence-corrected chi connectivity index (χ2v) is 8.57. The summed E-state index contributed by atoms with van der Waals surface area (Å²) in [5.41, 5.74) is 6.08. The number of piperidine rings is 1. The van der Waals surface area contributed by atoms with Gasteiger partial charge in [-0.05, 0) is 93.2 Å². The molecule has 1 unspecified atom stereocenters. The number of aryl methyl sites for hydroxylation is 2. The Kier molecular flexibility index (Phi) is 5.56. The number of rotatable bonds is 4. The minimum atomic E-state index is 0.603. The number of hydrogen-bond donors (Lipinski definition) is 0. The molecule has 0 N–H and O–H groups in total. The van der Waals surface area contributed by atoms with Crippen molar-refractivity contribution in [3.8, 4) is 0 Å². The highest BCUT2D eigenvalue weighted by Crippen LogP contribution is 2.24. The predicted molar refractivity (Wildman–Crippen MR) is 119 cm³/mol. The summed E-state index contributed by atoms with van der Waals surface area (Å²) in [5.74, 6) is 1.63. The summed E-state index contributed by atoms with van der Waals surface area (Å²) in [7, 11) is 2.21. The lowest BCUT2D eigenvalue weighted by atomic mass is 9.98. The molecular formula is C24H28ClN3. The van der Waals surface area contributed by atoms with Gasteiger partial charge in [0.25, 0.3) is 0 Å². The molecule has 3 nitrogen and oxygen atoms in total. The molecule has 0 aliphatic carbocycles. The molecule has 2 heterocycles. The Morgan fingerprint density at radius 2 is 1.89 bits per heavy atom. The van der Waals surface area contributed by atoms with Gasteiger partial charge in [-0.1, -0.05) is 29.8 Å². The summed E-state index contributed by atoms with van der Waals surface area (Å²) >= 11 is 6.07. The Labute approximate surface area is 172 Å². The molecule has 1 atom stereocenters. The molecule has 0 amide bonds. The fraction of sp³-hybridized carbons (Fsp3) is 0.375. The summed E-state index contributed by atoms with van der Waals surface area (Å²) in [6.45, 7) is 7.45. The van der Waals surface area contributed by atoms with Gasteiger partial charge in [-0.15, -0.1) is 0 Å². The van der Waals surface area contributed by atoms with Crippen LogP contribution in [0, 0.1) is 19.8 Å². The van der Waals surface area contributed by atoms with Gasteiger partial charge in [0, 0.05) is 18.1 Å². The van der Waals surface area contributed by atoms with Crippen LogP contribution in [0.15, 0.2) is 42.5 Å². The molecule has 1 aromatic heterocycles. The third-order valence-electron chi connectivity index (χ3n) is 5.83. The highest BCUT2D eigenvalue weighted by molar-refractivity contribution is 6.30. The Balaban J connectivity index is 1.72. The van der Waals surface area contributed by atoms with Crippen LogP contribution in [0.3, 0.4) is 0 Å². The maximum Gasteiger partial charge on any atom is 0.133 e. The van der Waals surface area contributed by atoms with E-state index in [2.05, 4.69) is 66.8 Å². The van der Waals surface area contributed by atoms with Crippen molar-refractivity contribution in [3.05, 3.63) is 70.0 Å². The molecule has 4 rings (SSSR count). The number of imidazole rings is 1. The Morgan fingerprint density at radius 3 is 2.64 bits per heavy atom. The smallest absolute Gasteiger partial charge is 0.133 e. The molecule has 0 spiro atoms. The van der Waals surface area contributed by atoms with Gasteiger partial charge in [-0.25, -0.2) is 4.98 Å². The molecular weight excluding hydrogens is 366 g/mol. The van der Waals surface area contributed by atoms with Crippen LogP contribution in [-0.2, 0) is 6.54 Å². The van der Waals surface area contributed by atoms with Crippen LogP contribution in [0.2, 0.25) is 5.02 Å². The zero-order chi connectivity index (χ0) is 19.7. The largest absolute Gasteiger partial charge is 0.320 e.